The summed E-state index contributed by atoms with van der Waals surface area (Å²) in [6.07, 6.45) is 0. The van der Waals surface area contributed by atoms with Crippen LogP contribution in [-0.4, -0.2) is 11.7 Å². The SMILES string of the molecule is Cc1cc(N)c(C(=O)CCl)cc1C. The molecule has 70 valence electrons. The summed E-state index contributed by atoms with van der Waals surface area (Å²) in [7, 11) is 0. The molecule has 0 heterocycles. The molecule has 0 aromatic heterocycles. The van der Waals surface area contributed by atoms with E-state index in [0.717, 1.165) is 11.1 Å². The van der Waals surface area contributed by atoms with Crippen LogP contribution in [0.4, 0.5) is 5.69 Å². The van der Waals surface area contributed by atoms with Gasteiger partial charge in [0.2, 0.25) is 0 Å². The number of halogens is 1. The molecule has 0 aliphatic rings. The van der Waals surface area contributed by atoms with Crippen molar-refractivity contribution in [3.63, 3.8) is 0 Å². The minimum absolute atomic E-state index is 0.0211. The van der Waals surface area contributed by atoms with Gasteiger partial charge in [-0.05, 0) is 37.1 Å². The van der Waals surface area contributed by atoms with E-state index < -0.39 is 0 Å². The van der Waals surface area contributed by atoms with Crippen molar-refractivity contribution >= 4 is 23.1 Å². The van der Waals surface area contributed by atoms with Gasteiger partial charge in [0.25, 0.3) is 0 Å². The summed E-state index contributed by atoms with van der Waals surface area (Å²) in [6, 6.07) is 3.59. The highest BCUT2D eigenvalue weighted by atomic mass is 35.5. The van der Waals surface area contributed by atoms with Crippen LogP contribution in [0.15, 0.2) is 12.1 Å². The highest BCUT2D eigenvalue weighted by Crippen LogP contribution is 2.18. The zero-order chi connectivity index (χ0) is 10.0. The topological polar surface area (TPSA) is 43.1 Å². The molecule has 2 N–H and O–H groups in total. The maximum absolute atomic E-state index is 11.3. The Morgan fingerprint density at radius 3 is 2.46 bits per heavy atom. The van der Waals surface area contributed by atoms with Gasteiger partial charge in [-0.2, -0.15) is 0 Å². The Morgan fingerprint density at radius 1 is 1.38 bits per heavy atom. The van der Waals surface area contributed by atoms with Gasteiger partial charge in [-0.25, -0.2) is 0 Å². The summed E-state index contributed by atoms with van der Waals surface area (Å²) in [5, 5.41) is 0. The lowest BCUT2D eigenvalue weighted by Crippen LogP contribution is -2.06. The Balaban J connectivity index is 3.23. The number of aryl methyl sites for hydroxylation is 2. The van der Waals surface area contributed by atoms with Crippen LogP contribution >= 0.6 is 11.6 Å². The number of carbonyl (C=O) groups is 1. The van der Waals surface area contributed by atoms with E-state index in [9.17, 15) is 4.79 Å². The Kier molecular flexibility index (Phi) is 2.94. The lowest BCUT2D eigenvalue weighted by molar-refractivity contribution is 0.102. The molecule has 0 amide bonds. The van der Waals surface area contributed by atoms with Crippen molar-refractivity contribution < 1.29 is 4.79 Å². The maximum Gasteiger partial charge on any atom is 0.179 e. The number of nitrogen functional groups attached to an aromatic ring is 1. The fourth-order valence-electron chi connectivity index (χ4n) is 1.15. The molecule has 1 aromatic rings. The molecule has 0 radical (unpaired) electrons. The summed E-state index contributed by atoms with van der Waals surface area (Å²) in [5.74, 6) is -0.144. The third kappa shape index (κ3) is 2.01. The summed E-state index contributed by atoms with van der Waals surface area (Å²) < 4.78 is 0. The lowest BCUT2D eigenvalue weighted by atomic mass is 10.0. The van der Waals surface area contributed by atoms with Crippen LogP contribution in [0, 0.1) is 13.8 Å². The molecule has 0 saturated carbocycles. The number of Topliss-reactive ketones (excluding diaryl/α,β-unsaturated/α-hetero) is 1. The number of rotatable bonds is 2. The van der Waals surface area contributed by atoms with Crippen molar-refractivity contribution in [3.05, 3.63) is 28.8 Å². The third-order valence-corrected chi connectivity index (χ3v) is 2.33. The van der Waals surface area contributed by atoms with Gasteiger partial charge >= 0.3 is 0 Å². The molecule has 2 nitrogen and oxygen atoms in total. The third-order valence-electron chi connectivity index (χ3n) is 2.09. The first-order valence-corrected chi connectivity index (χ1v) is 4.55. The van der Waals surface area contributed by atoms with E-state index in [-0.39, 0.29) is 11.7 Å². The monoisotopic (exact) mass is 197 g/mol. The van der Waals surface area contributed by atoms with E-state index in [1.54, 1.807) is 12.1 Å². The molecule has 1 aromatic carbocycles. The Bertz CT molecular complexity index is 347. The number of nitrogens with two attached hydrogens (primary N) is 1. The van der Waals surface area contributed by atoms with Crippen molar-refractivity contribution in [2.75, 3.05) is 11.6 Å². The molecule has 0 saturated heterocycles. The average Bonchev–Trinajstić information content (AvgIpc) is 2.10. The summed E-state index contributed by atoms with van der Waals surface area (Å²) in [6.45, 7) is 3.90. The van der Waals surface area contributed by atoms with Gasteiger partial charge < -0.3 is 5.73 Å². The summed E-state index contributed by atoms with van der Waals surface area (Å²) in [4.78, 5) is 11.3. The number of anilines is 1. The predicted molar refractivity (Wildman–Crippen MR) is 55.4 cm³/mol. The molecule has 3 heteroatoms. The van der Waals surface area contributed by atoms with Gasteiger partial charge in [0.05, 0.1) is 5.88 Å². The number of ketones is 1. The molecule has 1 rings (SSSR count). The quantitative estimate of drug-likeness (QED) is 0.449. The zero-order valence-corrected chi connectivity index (χ0v) is 8.48. The highest BCUT2D eigenvalue weighted by Gasteiger charge is 2.09. The number of hydrogen-bond acceptors (Lipinski definition) is 2. The van der Waals surface area contributed by atoms with E-state index >= 15 is 0 Å². The van der Waals surface area contributed by atoms with Gasteiger partial charge in [0, 0.05) is 11.3 Å². The first kappa shape index (κ1) is 10.1. The van der Waals surface area contributed by atoms with Crippen LogP contribution < -0.4 is 5.73 Å². The molecule has 13 heavy (non-hydrogen) atoms. The second-order valence-corrected chi connectivity index (χ2v) is 3.35. The Labute approximate surface area is 82.7 Å². The van der Waals surface area contributed by atoms with Crippen molar-refractivity contribution in [2.45, 2.75) is 13.8 Å². The maximum atomic E-state index is 11.3. The first-order chi connectivity index (χ1) is 6.06. The second-order valence-electron chi connectivity index (χ2n) is 3.08. The van der Waals surface area contributed by atoms with E-state index in [0.29, 0.717) is 11.3 Å². The van der Waals surface area contributed by atoms with Gasteiger partial charge in [-0.3, -0.25) is 4.79 Å². The van der Waals surface area contributed by atoms with E-state index in [4.69, 9.17) is 17.3 Å². The van der Waals surface area contributed by atoms with Gasteiger partial charge in [-0.15, -0.1) is 11.6 Å². The van der Waals surface area contributed by atoms with E-state index in [1.165, 1.54) is 0 Å². The molecule has 0 atom stereocenters. The van der Waals surface area contributed by atoms with Crippen LogP contribution in [0.25, 0.3) is 0 Å². The van der Waals surface area contributed by atoms with Gasteiger partial charge in [-0.1, -0.05) is 0 Å². The Hall–Kier alpha value is -1.02. The normalized spacial score (nSPS) is 10.1. The standard InChI is InChI=1S/C10H12ClNO/c1-6-3-8(10(13)5-11)9(12)4-7(6)2/h3-4H,5,12H2,1-2H3. The average molecular weight is 198 g/mol. The molecule has 0 aliphatic carbocycles. The van der Waals surface area contributed by atoms with Crippen LogP contribution in [0.5, 0.6) is 0 Å². The number of benzene rings is 1. The summed E-state index contributed by atoms with van der Waals surface area (Å²) >= 11 is 5.45. The van der Waals surface area contributed by atoms with Crippen molar-refractivity contribution in [2.24, 2.45) is 0 Å². The van der Waals surface area contributed by atoms with Gasteiger partial charge in [0.1, 0.15) is 0 Å². The number of alkyl halides is 1. The highest BCUT2D eigenvalue weighted by molar-refractivity contribution is 6.31. The molecular formula is C10H12ClNO. The van der Waals surface area contributed by atoms with E-state index in [2.05, 4.69) is 0 Å². The smallest absolute Gasteiger partial charge is 0.179 e. The van der Waals surface area contributed by atoms with Crippen LogP contribution in [0.3, 0.4) is 0 Å². The zero-order valence-electron chi connectivity index (χ0n) is 7.73. The molecule has 0 spiro atoms. The molecular weight excluding hydrogens is 186 g/mol. The van der Waals surface area contributed by atoms with Crippen molar-refractivity contribution in [3.8, 4) is 0 Å². The van der Waals surface area contributed by atoms with Gasteiger partial charge in [0.15, 0.2) is 5.78 Å². The van der Waals surface area contributed by atoms with Crippen molar-refractivity contribution in [1.82, 2.24) is 0 Å². The van der Waals surface area contributed by atoms with Crippen LogP contribution in [0.1, 0.15) is 21.5 Å². The molecule has 0 aliphatic heterocycles. The lowest BCUT2D eigenvalue weighted by Gasteiger charge is -2.06. The Morgan fingerprint density at radius 2 is 1.92 bits per heavy atom. The first-order valence-electron chi connectivity index (χ1n) is 4.02. The minimum atomic E-state index is -0.123. The fraction of sp³-hybridized carbons (Fsp3) is 0.300. The van der Waals surface area contributed by atoms with Crippen molar-refractivity contribution in [1.29, 1.82) is 0 Å². The number of carbonyl (C=O) groups excluding carboxylic acids is 1. The van der Waals surface area contributed by atoms with Crippen LogP contribution in [0.2, 0.25) is 0 Å². The predicted octanol–water partition coefficient (Wildman–Crippen LogP) is 2.31. The van der Waals surface area contributed by atoms with E-state index in [1.807, 2.05) is 13.8 Å². The fourth-order valence-corrected chi connectivity index (χ4v) is 1.30. The minimum Gasteiger partial charge on any atom is -0.398 e. The largest absolute Gasteiger partial charge is 0.398 e. The summed E-state index contributed by atoms with van der Waals surface area (Å²) in [5.41, 5.74) is 8.87. The second kappa shape index (κ2) is 3.79. The van der Waals surface area contributed by atoms with Crippen LogP contribution in [-0.2, 0) is 0 Å². The molecule has 0 bridgehead atoms. The molecule has 0 unspecified atom stereocenters. The molecule has 0 fully saturated rings. The number of hydrogen-bond donors (Lipinski definition) is 1.